The Morgan fingerprint density at radius 1 is 0.696 bits per heavy atom. The second-order valence-corrected chi connectivity index (χ2v) is 8.32. The molecule has 0 rings (SSSR count). The van der Waals surface area contributed by atoms with Gasteiger partial charge < -0.3 is 34.1 Å². The quantitative estimate of drug-likeness (QED) is 0.330. The van der Waals surface area contributed by atoms with Gasteiger partial charge in [-0.2, -0.15) is 0 Å². The summed E-state index contributed by atoms with van der Waals surface area (Å²) in [5, 5.41) is 39.3. The first kappa shape index (κ1) is 22.7. The number of likely N-dealkylation sites (N-methyl/N-ethyl adjacent to an activating group) is 2. The summed E-state index contributed by atoms with van der Waals surface area (Å²) in [7, 11) is 11.8. The standard InChI is InChI=1S/C16H38N2O5/c1-17(2,3)11-13(21)15(7-9-19)23-16(8-10-20)14(22)12-18(4,5)6/h13-16,19-22H,7-12H2,1-6H3/q+2. The zero-order valence-electron chi connectivity index (χ0n) is 15.6. The van der Waals surface area contributed by atoms with Crippen molar-refractivity contribution in [2.45, 2.75) is 37.3 Å². The highest BCUT2D eigenvalue weighted by Gasteiger charge is 2.32. The molecule has 0 fully saturated rings. The molecule has 0 aromatic rings. The Labute approximate surface area is 140 Å². The molecule has 0 aromatic carbocycles. The summed E-state index contributed by atoms with van der Waals surface area (Å²) in [6.45, 7) is 0.746. The summed E-state index contributed by atoms with van der Waals surface area (Å²) in [6, 6.07) is 0. The molecule has 0 aliphatic carbocycles. The number of hydrogen-bond acceptors (Lipinski definition) is 5. The predicted octanol–water partition coefficient (Wildman–Crippen LogP) is -1.36. The van der Waals surface area contributed by atoms with Gasteiger partial charge in [-0.1, -0.05) is 0 Å². The van der Waals surface area contributed by atoms with Crippen LogP contribution in [-0.4, -0.2) is 122 Å². The van der Waals surface area contributed by atoms with Crippen molar-refractivity contribution in [2.75, 3.05) is 68.6 Å². The van der Waals surface area contributed by atoms with E-state index in [0.29, 0.717) is 34.9 Å². The molecule has 0 aliphatic rings. The summed E-state index contributed by atoms with van der Waals surface area (Å²) in [6.07, 6.45) is -2.06. The normalized spacial score (nSPS) is 18.5. The molecule has 7 heteroatoms. The molecule has 0 spiro atoms. The average Bonchev–Trinajstić information content (AvgIpc) is 2.33. The molecule has 0 aromatic heterocycles. The van der Waals surface area contributed by atoms with Crippen LogP contribution in [0.4, 0.5) is 0 Å². The number of quaternary nitrogens is 2. The fourth-order valence-corrected chi connectivity index (χ4v) is 2.54. The molecule has 0 bridgehead atoms. The van der Waals surface area contributed by atoms with Gasteiger partial charge in [0, 0.05) is 13.2 Å². The number of rotatable bonds is 12. The topological polar surface area (TPSA) is 90.2 Å². The summed E-state index contributed by atoms with van der Waals surface area (Å²) < 4.78 is 7.04. The lowest BCUT2D eigenvalue weighted by molar-refractivity contribution is -0.874. The average molecular weight is 338 g/mol. The van der Waals surface area contributed by atoms with Crippen LogP contribution in [0.25, 0.3) is 0 Å². The first-order valence-electron chi connectivity index (χ1n) is 8.24. The molecular formula is C16H38N2O5+2. The van der Waals surface area contributed by atoms with Gasteiger partial charge in [-0.3, -0.25) is 0 Å². The highest BCUT2D eigenvalue weighted by molar-refractivity contribution is 4.76. The molecule has 4 unspecified atom stereocenters. The number of aliphatic hydroxyl groups is 4. The molecule has 4 N–H and O–H groups in total. The summed E-state index contributed by atoms with van der Waals surface area (Å²) in [5.41, 5.74) is 0. The minimum atomic E-state index is -0.750. The summed E-state index contributed by atoms with van der Waals surface area (Å²) >= 11 is 0. The van der Waals surface area contributed by atoms with E-state index in [9.17, 15) is 20.4 Å². The monoisotopic (exact) mass is 338 g/mol. The second kappa shape index (κ2) is 9.88. The van der Waals surface area contributed by atoms with Gasteiger partial charge in [-0.05, 0) is 12.8 Å². The predicted molar refractivity (Wildman–Crippen MR) is 89.9 cm³/mol. The molecule has 0 aliphatic heterocycles. The first-order valence-corrected chi connectivity index (χ1v) is 8.24. The number of aliphatic hydroxyl groups excluding tert-OH is 4. The maximum absolute atomic E-state index is 10.4. The maximum atomic E-state index is 10.4. The van der Waals surface area contributed by atoms with Crippen LogP contribution in [0.2, 0.25) is 0 Å². The smallest absolute Gasteiger partial charge is 0.129 e. The van der Waals surface area contributed by atoms with Crippen molar-refractivity contribution in [2.24, 2.45) is 0 Å². The third-order valence-electron chi connectivity index (χ3n) is 3.50. The van der Waals surface area contributed by atoms with E-state index in [4.69, 9.17) is 4.74 Å². The van der Waals surface area contributed by atoms with Crippen LogP contribution in [0, 0.1) is 0 Å². The van der Waals surface area contributed by atoms with E-state index in [-0.39, 0.29) is 13.2 Å². The van der Waals surface area contributed by atoms with Gasteiger partial charge in [-0.25, -0.2) is 0 Å². The lowest BCUT2D eigenvalue weighted by Crippen LogP contribution is -2.51. The Balaban J connectivity index is 4.93. The molecule has 0 amide bonds. The second-order valence-electron chi connectivity index (χ2n) is 8.32. The zero-order chi connectivity index (χ0) is 18.3. The lowest BCUT2D eigenvalue weighted by atomic mass is 10.1. The zero-order valence-corrected chi connectivity index (χ0v) is 15.6. The molecule has 23 heavy (non-hydrogen) atoms. The molecule has 0 saturated carbocycles. The van der Waals surface area contributed by atoms with Crippen molar-refractivity contribution in [1.82, 2.24) is 0 Å². The van der Waals surface area contributed by atoms with Crippen molar-refractivity contribution < 1.29 is 34.1 Å². The van der Waals surface area contributed by atoms with Gasteiger partial charge in [0.05, 0.1) is 54.5 Å². The summed E-state index contributed by atoms with van der Waals surface area (Å²) in [5.74, 6) is 0. The third-order valence-corrected chi connectivity index (χ3v) is 3.50. The van der Waals surface area contributed by atoms with Crippen LogP contribution in [0.3, 0.4) is 0 Å². The Bertz CT molecular complexity index is 285. The van der Waals surface area contributed by atoms with Crippen LogP contribution in [0.5, 0.6) is 0 Å². The van der Waals surface area contributed by atoms with Gasteiger partial charge in [0.15, 0.2) is 0 Å². The minimum Gasteiger partial charge on any atom is -0.396 e. The maximum Gasteiger partial charge on any atom is 0.129 e. The van der Waals surface area contributed by atoms with Crippen LogP contribution in [0.15, 0.2) is 0 Å². The van der Waals surface area contributed by atoms with Crippen LogP contribution < -0.4 is 0 Å². The van der Waals surface area contributed by atoms with Crippen molar-refractivity contribution >= 4 is 0 Å². The van der Waals surface area contributed by atoms with Gasteiger partial charge in [-0.15, -0.1) is 0 Å². The van der Waals surface area contributed by atoms with Gasteiger partial charge >= 0.3 is 0 Å². The SMILES string of the molecule is C[N+](C)(C)CC(O)C(CCO)OC(CCO)C(O)C[N+](C)(C)C. The van der Waals surface area contributed by atoms with Gasteiger partial charge in [0.1, 0.15) is 25.3 Å². The van der Waals surface area contributed by atoms with E-state index < -0.39 is 24.4 Å². The lowest BCUT2D eigenvalue weighted by Gasteiger charge is -2.35. The van der Waals surface area contributed by atoms with E-state index in [1.165, 1.54) is 0 Å². The van der Waals surface area contributed by atoms with Crippen molar-refractivity contribution in [1.29, 1.82) is 0 Å². The molecule has 7 nitrogen and oxygen atoms in total. The molecular weight excluding hydrogens is 300 g/mol. The third kappa shape index (κ3) is 11.0. The van der Waals surface area contributed by atoms with Crippen LogP contribution in [0.1, 0.15) is 12.8 Å². The molecule has 140 valence electrons. The first-order chi connectivity index (χ1) is 10.4. The molecule has 0 radical (unpaired) electrons. The Morgan fingerprint density at radius 2 is 1.00 bits per heavy atom. The molecule has 0 heterocycles. The fraction of sp³-hybridized carbons (Fsp3) is 1.00. The van der Waals surface area contributed by atoms with Crippen LogP contribution in [-0.2, 0) is 4.74 Å². The van der Waals surface area contributed by atoms with Gasteiger partial charge in [0.2, 0.25) is 0 Å². The fourth-order valence-electron chi connectivity index (χ4n) is 2.54. The van der Waals surface area contributed by atoms with Crippen molar-refractivity contribution in [3.05, 3.63) is 0 Å². The Hall–Kier alpha value is -0.280. The van der Waals surface area contributed by atoms with E-state index in [0.717, 1.165) is 0 Å². The minimum absolute atomic E-state index is 0.101. The highest BCUT2D eigenvalue weighted by atomic mass is 16.5. The van der Waals surface area contributed by atoms with Crippen molar-refractivity contribution in [3.8, 4) is 0 Å². The Morgan fingerprint density at radius 3 is 1.22 bits per heavy atom. The number of nitrogens with zero attached hydrogens (tertiary/aromatic N) is 2. The number of ether oxygens (including phenoxy) is 1. The van der Waals surface area contributed by atoms with E-state index in [1.807, 2.05) is 42.3 Å². The van der Waals surface area contributed by atoms with Crippen LogP contribution >= 0.6 is 0 Å². The van der Waals surface area contributed by atoms with E-state index in [1.54, 1.807) is 0 Å². The highest BCUT2D eigenvalue weighted by Crippen LogP contribution is 2.16. The van der Waals surface area contributed by atoms with E-state index >= 15 is 0 Å². The largest absolute Gasteiger partial charge is 0.396 e. The summed E-state index contributed by atoms with van der Waals surface area (Å²) in [4.78, 5) is 0. The van der Waals surface area contributed by atoms with E-state index in [2.05, 4.69) is 0 Å². The van der Waals surface area contributed by atoms with Gasteiger partial charge in [0.25, 0.3) is 0 Å². The Kier molecular flexibility index (Phi) is 9.76. The van der Waals surface area contributed by atoms with Crippen molar-refractivity contribution in [3.63, 3.8) is 0 Å². The number of hydrogen-bond donors (Lipinski definition) is 4. The molecule has 4 atom stereocenters. The molecule has 0 saturated heterocycles.